The average Bonchev–Trinajstić information content (AvgIpc) is 2.29. The molecule has 88 valence electrons. The van der Waals surface area contributed by atoms with Crippen LogP contribution in [-0.2, 0) is 0 Å². The Morgan fingerprint density at radius 3 is 2.88 bits per heavy atom. The van der Waals surface area contributed by atoms with Gasteiger partial charge in [0.2, 0.25) is 0 Å². The second-order valence-corrected chi connectivity index (χ2v) is 3.94. The summed E-state index contributed by atoms with van der Waals surface area (Å²) in [6.45, 7) is 0.213. The number of nitro groups is 1. The van der Waals surface area contributed by atoms with E-state index in [9.17, 15) is 14.9 Å². The summed E-state index contributed by atoms with van der Waals surface area (Å²) in [4.78, 5) is 21.6. The minimum atomic E-state index is -0.571. The first kappa shape index (κ1) is 13.1. The van der Waals surface area contributed by atoms with E-state index >= 15 is 0 Å². The zero-order valence-electron chi connectivity index (χ0n) is 8.64. The second kappa shape index (κ2) is 5.96. The van der Waals surface area contributed by atoms with Crippen LogP contribution < -0.4 is 5.32 Å². The number of nitrogens with one attached hydrogen (secondary N) is 1. The summed E-state index contributed by atoms with van der Waals surface area (Å²) in [5, 5.41) is 21.4. The molecule has 0 spiro atoms. The van der Waals surface area contributed by atoms with E-state index in [2.05, 4.69) is 21.2 Å². The molecular weight excluding hydrogens is 290 g/mol. The van der Waals surface area contributed by atoms with Gasteiger partial charge in [-0.25, -0.2) is 0 Å². The zero-order chi connectivity index (χ0) is 12.8. The number of nitriles is 1. The Kier molecular flexibility index (Phi) is 4.60. The number of benzene rings is 1. The maximum atomic E-state index is 11.6. The Morgan fingerprint density at radius 2 is 2.29 bits per heavy atom. The third kappa shape index (κ3) is 3.53. The molecule has 1 aromatic rings. The van der Waals surface area contributed by atoms with E-state index in [1.807, 2.05) is 6.07 Å². The molecule has 6 nitrogen and oxygen atoms in total. The summed E-state index contributed by atoms with van der Waals surface area (Å²) >= 11 is 3.14. The zero-order valence-corrected chi connectivity index (χ0v) is 10.2. The van der Waals surface area contributed by atoms with Crippen molar-refractivity contribution in [1.82, 2.24) is 5.32 Å². The van der Waals surface area contributed by atoms with Crippen molar-refractivity contribution in [1.29, 1.82) is 5.26 Å². The predicted octanol–water partition coefficient (Wildman–Crippen LogP) is 2.00. The Bertz CT molecular complexity index is 496. The fraction of sp³-hybridized carbons (Fsp3) is 0.200. The topological polar surface area (TPSA) is 96.0 Å². The lowest BCUT2D eigenvalue weighted by Gasteiger charge is -2.04. The minimum absolute atomic E-state index is 0.154. The third-order valence-electron chi connectivity index (χ3n) is 1.93. The second-order valence-electron chi connectivity index (χ2n) is 3.09. The van der Waals surface area contributed by atoms with Gasteiger partial charge in [0, 0.05) is 23.2 Å². The van der Waals surface area contributed by atoms with Crippen LogP contribution in [0.1, 0.15) is 16.8 Å². The highest BCUT2D eigenvalue weighted by atomic mass is 79.9. The van der Waals surface area contributed by atoms with Crippen LogP contribution in [-0.4, -0.2) is 17.4 Å². The van der Waals surface area contributed by atoms with Crippen LogP contribution in [0.25, 0.3) is 0 Å². The van der Waals surface area contributed by atoms with E-state index in [1.165, 1.54) is 18.2 Å². The molecule has 0 saturated carbocycles. The van der Waals surface area contributed by atoms with Crippen molar-refractivity contribution in [3.8, 4) is 6.07 Å². The number of amides is 1. The number of nitro benzene ring substituents is 1. The molecule has 0 aliphatic heterocycles. The molecule has 0 aliphatic rings. The van der Waals surface area contributed by atoms with Crippen LogP contribution in [0.3, 0.4) is 0 Å². The molecule has 1 aromatic carbocycles. The van der Waals surface area contributed by atoms with Crippen LogP contribution in [0.4, 0.5) is 5.69 Å². The summed E-state index contributed by atoms with van der Waals surface area (Å²) in [6.07, 6.45) is 0.193. The highest BCUT2D eigenvalue weighted by molar-refractivity contribution is 9.10. The van der Waals surface area contributed by atoms with E-state index in [1.54, 1.807) is 0 Å². The molecule has 7 heteroatoms. The van der Waals surface area contributed by atoms with Gasteiger partial charge in [-0.05, 0) is 22.0 Å². The van der Waals surface area contributed by atoms with E-state index in [-0.39, 0.29) is 24.2 Å². The van der Waals surface area contributed by atoms with Gasteiger partial charge in [-0.15, -0.1) is 0 Å². The highest BCUT2D eigenvalue weighted by Gasteiger charge is 2.14. The van der Waals surface area contributed by atoms with Crippen LogP contribution >= 0.6 is 15.9 Å². The van der Waals surface area contributed by atoms with E-state index in [0.717, 1.165) is 0 Å². The normalized spacial score (nSPS) is 9.41. The van der Waals surface area contributed by atoms with Gasteiger partial charge in [-0.2, -0.15) is 5.26 Å². The van der Waals surface area contributed by atoms with Gasteiger partial charge < -0.3 is 5.32 Å². The fourth-order valence-electron chi connectivity index (χ4n) is 1.13. The number of non-ortho nitro benzene ring substituents is 1. The summed E-state index contributed by atoms with van der Waals surface area (Å²) in [7, 11) is 0. The molecule has 0 fully saturated rings. The minimum Gasteiger partial charge on any atom is -0.351 e. The Labute approximate surface area is 106 Å². The van der Waals surface area contributed by atoms with Crippen molar-refractivity contribution in [2.24, 2.45) is 0 Å². The third-order valence-corrected chi connectivity index (χ3v) is 2.62. The van der Waals surface area contributed by atoms with Crippen LogP contribution in [0.15, 0.2) is 22.7 Å². The number of hydrogen-bond acceptors (Lipinski definition) is 4. The Hall–Kier alpha value is -1.94. The maximum absolute atomic E-state index is 11.6. The van der Waals surface area contributed by atoms with E-state index in [4.69, 9.17) is 5.26 Å². The van der Waals surface area contributed by atoms with Gasteiger partial charge in [0.25, 0.3) is 11.6 Å². The fourth-order valence-corrected chi connectivity index (χ4v) is 1.55. The molecule has 0 saturated heterocycles. The molecule has 0 unspecified atom stereocenters. The number of carbonyl (C=O) groups is 1. The molecule has 0 radical (unpaired) electrons. The van der Waals surface area contributed by atoms with Crippen molar-refractivity contribution in [2.75, 3.05) is 6.54 Å². The summed E-state index contributed by atoms with van der Waals surface area (Å²) in [6, 6.07) is 5.81. The lowest BCUT2D eigenvalue weighted by atomic mass is 10.2. The van der Waals surface area contributed by atoms with Gasteiger partial charge in [0.05, 0.1) is 23.0 Å². The van der Waals surface area contributed by atoms with Crippen molar-refractivity contribution >= 4 is 27.5 Å². The number of hydrogen-bond donors (Lipinski definition) is 1. The van der Waals surface area contributed by atoms with Crippen molar-refractivity contribution in [3.63, 3.8) is 0 Å². The quantitative estimate of drug-likeness (QED) is 0.522. The number of rotatable bonds is 4. The Morgan fingerprint density at radius 1 is 1.59 bits per heavy atom. The molecule has 0 aromatic heterocycles. The largest absolute Gasteiger partial charge is 0.351 e. The molecule has 0 atom stereocenters. The smallest absolute Gasteiger partial charge is 0.270 e. The SMILES string of the molecule is N#CCCNC(=O)c1cc([N+](=O)[O-])ccc1Br. The summed E-state index contributed by atoms with van der Waals surface area (Å²) in [5.74, 6) is -0.448. The first-order valence-electron chi connectivity index (χ1n) is 4.65. The molecule has 0 heterocycles. The van der Waals surface area contributed by atoms with Crippen molar-refractivity contribution < 1.29 is 9.72 Å². The number of nitrogens with zero attached hydrogens (tertiary/aromatic N) is 2. The average molecular weight is 298 g/mol. The molecule has 1 rings (SSSR count). The first-order chi connectivity index (χ1) is 8.06. The molecule has 17 heavy (non-hydrogen) atoms. The number of carbonyl (C=O) groups excluding carboxylic acids is 1. The Balaban J connectivity index is 2.89. The van der Waals surface area contributed by atoms with Gasteiger partial charge in [0.15, 0.2) is 0 Å². The van der Waals surface area contributed by atoms with E-state index < -0.39 is 10.8 Å². The molecule has 1 N–H and O–H groups in total. The monoisotopic (exact) mass is 297 g/mol. The highest BCUT2D eigenvalue weighted by Crippen LogP contribution is 2.22. The standard InChI is InChI=1S/C10H8BrN3O3/c11-9-3-2-7(14(16)17)6-8(9)10(15)13-5-1-4-12/h2-3,6H,1,5H2,(H,13,15). The summed E-state index contributed by atoms with van der Waals surface area (Å²) in [5.41, 5.74) is 0.0239. The van der Waals surface area contributed by atoms with Gasteiger partial charge in [0.1, 0.15) is 0 Å². The number of halogens is 1. The predicted molar refractivity (Wildman–Crippen MR) is 63.4 cm³/mol. The van der Waals surface area contributed by atoms with Crippen LogP contribution in [0.2, 0.25) is 0 Å². The van der Waals surface area contributed by atoms with E-state index in [0.29, 0.717) is 4.47 Å². The van der Waals surface area contributed by atoms with Crippen LogP contribution in [0.5, 0.6) is 0 Å². The van der Waals surface area contributed by atoms with Gasteiger partial charge in [-0.1, -0.05) is 0 Å². The first-order valence-corrected chi connectivity index (χ1v) is 5.44. The lowest BCUT2D eigenvalue weighted by Crippen LogP contribution is -2.24. The van der Waals surface area contributed by atoms with Gasteiger partial charge >= 0.3 is 0 Å². The molecule has 1 amide bonds. The molecule has 0 bridgehead atoms. The molecule has 0 aliphatic carbocycles. The maximum Gasteiger partial charge on any atom is 0.270 e. The summed E-state index contributed by atoms with van der Waals surface area (Å²) < 4.78 is 0.470. The van der Waals surface area contributed by atoms with Crippen molar-refractivity contribution in [2.45, 2.75) is 6.42 Å². The van der Waals surface area contributed by atoms with Crippen molar-refractivity contribution in [3.05, 3.63) is 38.3 Å². The van der Waals surface area contributed by atoms with Crippen LogP contribution in [0, 0.1) is 21.4 Å². The molecular formula is C10H8BrN3O3. The van der Waals surface area contributed by atoms with Gasteiger partial charge in [-0.3, -0.25) is 14.9 Å². The lowest BCUT2D eigenvalue weighted by molar-refractivity contribution is -0.384.